The van der Waals surface area contributed by atoms with Crippen molar-refractivity contribution in [3.8, 4) is 0 Å². The fourth-order valence-electron chi connectivity index (χ4n) is 2.52. The summed E-state index contributed by atoms with van der Waals surface area (Å²) >= 11 is 0. The number of anilines is 1. The first-order chi connectivity index (χ1) is 8.29. The van der Waals surface area contributed by atoms with Crippen molar-refractivity contribution in [3.05, 3.63) is 23.9 Å². The second-order valence-electron chi connectivity index (χ2n) is 4.72. The quantitative estimate of drug-likeness (QED) is 0.810. The molecule has 94 valence electrons. The molecular formula is C13H21N3O. The number of pyridine rings is 1. The molecule has 1 aromatic rings. The van der Waals surface area contributed by atoms with Crippen LogP contribution in [-0.4, -0.2) is 34.2 Å². The van der Waals surface area contributed by atoms with Gasteiger partial charge in [-0.15, -0.1) is 0 Å². The number of aliphatic hydroxyl groups excluding tert-OH is 1. The molecule has 1 fully saturated rings. The molecule has 2 heterocycles. The summed E-state index contributed by atoms with van der Waals surface area (Å²) in [7, 11) is 0. The minimum Gasteiger partial charge on any atom is -0.396 e. The highest BCUT2D eigenvalue weighted by Crippen LogP contribution is 2.23. The monoisotopic (exact) mass is 235 g/mol. The van der Waals surface area contributed by atoms with Crippen molar-refractivity contribution in [1.29, 1.82) is 0 Å². The Morgan fingerprint density at radius 3 is 3.06 bits per heavy atom. The number of likely N-dealkylation sites (tertiary alicyclic amines) is 1. The summed E-state index contributed by atoms with van der Waals surface area (Å²) in [6.07, 6.45) is 6.37. The van der Waals surface area contributed by atoms with Gasteiger partial charge in [0, 0.05) is 25.4 Å². The van der Waals surface area contributed by atoms with Crippen LogP contribution in [0, 0.1) is 0 Å². The summed E-state index contributed by atoms with van der Waals surface area (Å²) in [6, 6.07) is 4.53. The Bertz CT molecular complexity index is 339. The molecule has 0 radical (unpaired) electrons. The summed E-state index contributed by atoms with van der Waals surface area (Å²) in [4.78, 5) is 6.61. The topological polar surface area (TPSA) is 62.4 Å². The van der Waals surface area contributed by atoms with Crippen molar-refractivity contribution in [2.45, 2.75) is 38.3 Å². The number of aromatic nitrogens is 1. The molecule has 0 bridgehead atoms. The highest BCUT2D eigenvalue weighted by molar-refractivity contribution is 5.29. The Labute approximate surface area is 102 Å². The van der Waals surface area contributed by atoms with Gasteiger partial charge in [-0.25, -0.2) is 4.98 Å². The SMILES string of the molecule is Nc1ccc(CN2CCCC2CCCO)cn1. The average molecular weight is 235 g/mol. The molecule has 1 aromatic heterocycles. The minimum atomic E-state index is 0.299. The van der Waals surface area contributed by atoms with Gasteiger partial charge >= 0.3 is 0 Å². The molecule has 1 aliphatic rings. The Morgan fingerprint density at radius 1 is 1.47 bits per heavy atom. The van der Waals surface area contributed by atoms with Crippen LogP contribution < -0.4 is 5.73 Å². The van der Waals surface area contributed by atoms with Crippen molar-refractivity contribution in [1.82, 2.24) is 9.88 Å². The number of hydrogen-bond donors (Lipinski definition) is 2. The Hall–Kier alpha value is -1.13. The number of aliphatic hydroxyl groups is 1. The van der Waals surface area contributed by atoms with Gasteiger partial charge in [0.1, 0.15) is 5.82 Å². The smallest absolute Gasteiger partial charge is 0.123 e. The molecule has 1 aliphatic heterocycles. The second-order valence-corrected chi connectivity index (χ2v) is 4.72. The lowest BCUT2D eigenvalue weighted by atomic mass is 10.1. The van der Waals surface area contributed by atoms with Crippen molar-refractivity contribution in [2.24, 2.45) is 0 Å². The zero-order chi connectivity index (χ0) is 12.1. The van der Waals surface area contributed by atoms with Crippen LogP contribution in [0.2, 0.25) is 0 Å². The van der Waals surface area contributed by atoms with E-state index in [9.17, 15) is 0 Å². The average Bonchev–Trinajstić information content (AvgIpc) is 2.77. The molecule has 2 rings (SSSR count). The predicted molar refractivity (Wildman–Crippen MR) is 68.4 cm³/mol. The van der Waals surface area contributed by atoms with Crippen molar-refractivity contribution < 1.29 is 5.11 Å². The Kier molecular flexibility index (Phi) is 4.34. The molecular weight excluding hydrogens is 214 g/mol. The van der Waals surface area contributed by atoms with E-state index in [4.69, 9.17) is 10.8 Å². The molecule has 0 saturated carbocycles. The lowest BCUT2D eigenvalue weighted by Gasteiger charge is -2.24. The number of nitrogens with two attached hydrogens (primary N) is 1. The van der Waals surface area contributed by atoms with Crippen LogP contribution in [0.1, 0.15) is 31.2 Å². The Morgan fingerprint density at radius 2 is 2.35 bits per heavy atom. The molecule has 4 heteroatoms. The maximum absolute atomic E-state index is 8.89. The van der Waals surface area contributed by atoms with Crippen LogP contribution in [0.3, 0.4) is 0 Å². The first kappa shape index (κ1) is 12.3. The summed E-state index contributed by atoms with van der Waals surface area (Å²) in [5, 5.41) is 8.89. The summed E-state index contributed by atoms with van der Waals surface area (Å²) in [6.45, 7) is 2.40. The maximum Gasteiger partial charge on any atom is 0.123 e. The van der Waals surface area contributed by atoms with E-state index >= 15 is 0 Å². The predicted octanol–water partition coefficient (Wildman–Crippen LogP) is 1.40. The molecule has 17 heavy (non-hydrogen) atoms. The highest BCUT2D eigenvalue weighted by atomic mass is 16.2. The van der Waals surface area contributed by atoms with Crippen LogP contribution in [-0.2, 0) is 6.54 Å². The first-order valence-electron chi connectivity index (χ1n) is 6.35. The van der Waals surface area contributed by atoms with E-state index in [1.165, 1.54) is 18.4 Å². The first-order valence-corrected chi connectivity index (χ1v) is 6.35. The fraction of sp³-hybridized carbons (Fsp3) is 0.615. The molecule has 0 spiro atoms. The largest absolute Gasteiger partial charge is 0.396 e. The lowest BCUT2D eigenvalue weighted by molar-refractivity contribution is 0.210. The minimum absolute atomic E-state index is 0.299. The number of nitrogens with zero attached hydrogens (tertiary/aromatic N) is 2. The summed E-state index contributed by atoms with van der Waals surface area (Å²) in [5.41, 5.74) is 6.79. The van der Waals surface area contributed by atoms with Gasteiger partial charge in [-0.3, -0.25) is 4.90 Å². The standard InChI is InChI=1S/C13H21N3O/c14-13-6-5-11(9-15-13)10-16-7-1-3-12(16)4-2-8-17/h5-6,9,12,17H,1-4,7-8,10H2,(H2,14,15). The fourth-order valence-corrected chi connectivity index (χ4v) is 2.52. The van der Waals surface area contributed by atoms with Gasteiger partial charge in [0.25, 0.3) is 0 Å². The van der Waals surface area contributed by atoms with E-state index in [1.54, 1.807) is 0 Å². The van der Waals surface area contributed by atoms with Crippen LogP contribution >= 0.6 is 0 Å². The molecule has 0 aromatic carbocycles. The van der Waals surface area contributed by atoms with E-state index in [1.807, 2.05) is 18.3 Å². The molecule has 0 amide bonds. The molecule has 0 aliphatic carbocycles. The lowest BCUT2D eigenvalue weighted by Crippen LogP contribution is -2.29. The molecule has 4 nitrogen and oxygen atoms in total. The van der Waals surface area contributed by atoms with Crippen LogP contribution in [0.25, 0.3) is 0 Å². The third-order valence-electron chi connectivity index (χ3n) is 3.43. The maximum atomic E-state index is 8.89. The normalized spacial score (nSPS) is 20.9. The van der Waals surface area contributed by atoms with Gasteiger partial charge in [0.2, 0.25) is 0 Å². The van der Waals surface area contributed by atoms with Crippen molar-refractivity contribution >= 4 is 5.82 Å². The van der Waals surface area contributed by atoms with Crippen LogP contribution in [0.15, 0.2) is 18.3 Å². The zero-order valence-electron chi connectivity index (χ0n) is 10.2. The van der Waals surface area contributed by atoms with Crippen LogP contribution in [0.4, 0.5) is 5.82 Å². The van der Waals surface area contributed by atoms with E-state index in [0.29, 0.717) is 18.5 Å². The highest BCUT2D eigenvalue weighted by Gasteiger charge is 2.23. The molecule has 3 N–H and O–H groups in total. The van der Waals surface area contributed by atoms with Crippen LogP contribution in [0.5, 0.6) is 0 Å². The summed E-state index contributed by atoms with van der Waals surface area (Å²) < 4.78 is 0. The Balaban J connectivity index is 1.90. The van der Waals surface area contributed by atoms with Crippen molar-refractivity contribution in [2.75, 3.05) is 18.9 Å². The van der Waals surface area contributed by atoms with E-state index < -0.39 is 0 Å². The van der Waals surface area contributed by atoms with Gasteiger partial charge in [-0.2, -0.15) is 0 Å². The van der Waals surface area contributed by atoms with E-state index in [-0.39, 0.29) is 0 Å². The molecule has 1 saturated heterocycles. The number of nitrogen functional groups attached to an aromatic ring is 1. The van der Waals surface area contributed by atoms with Gasteiger partial charge in [-0.05, 0) is 43.9 Å². The van der Waals surface area contributed by atoms with E-state index in [0.717, 1.165) is 25.9 Å². The zero-order valence-corrected chi connectivity index (χ0v) is 10.2. The second kappa shape index (κ2) is 5.98. The molecule has 1 atom stereocenters. The number of hydrogen-bond acceptors (Lipinski definition) is 4. The van der Waals surface area contributed by atoms with Gasteiger partial charge in [0.05, 0.1) is 0 Å². The summed E-state index contributed by atoms with van der Waals surface area (Å²) in [5.74, 6) is 0.576. The van der Waals surface area contributed by atoms with Crippen molar-refractivity contribution in [3.63, 3.8) is 0 Å². The number of rotatable bonds is 5. The van der Waals surface area contributed by atoms with Gasteiger partial charge in [-0.1, -0.05) is 6.07 Å². The van der Waals surface area contributed by atoms with E-state index in [2.05, 4.69) is 9.88 Å². The van der Waals surface area contributed by atoms with Gasteiger partial charge < -0.3 is 10.8 Å². The third kappa shape index (κ3) is 3.41. The third-order valence-corrected chi connectivity index (χ3v) is 3.43. The van der Waals surface area contributed by atoms with Gasteiger partial charge in [0.15, 0.2) is 0 Å². The molecule has 1 unspecified atom stereocenters.